The van der Waals surface area contributed by atoms with Gasteiger partial charge in [-0.25, -0.2) is 5.10 Å². The van der Waals surface area contributed by atoms with Gasteiger partial charge in [-0.05, 0) is 43.6 Å². The normalized spacial score (nSPS) is 11.0. The fourth-order valence-electron chi connectivity index (χ4n) is 2.79. The summed E-state index contributed by atoms with van der Waals surface area (Å²) in [4.78, 5) is 11.9. The highest BCUT2D eigenvalue weighted by atomic mass is 16.1. The topological polar surface area (TPSA) is 83.8 Å². The van der Waals surface area contributed by atoms with Gasteiger partial charge in [0.1, 0.15) is 0 Å². The van der Waals surface area contributed by atoms with Crippen LogP contribution in [0.4, 0.5) is 0 Å². The third-order valence-corrected chi connectivity index (χ3v) is 4.03. The Balaban J connectivity index is 1.84. The number of aromatic amines is 1. The van der Waals surface area contributed by atoms with Gasteiger partial charge < -0.3 is 11.1 Å². The maximum Gasteiger partial charge on any atom is 0.272 e. The molecule has 0 saturated carbocycles. The summed E-state index contributed by atoms with van der Waals surface area (Å²) in [7, 11) is 0. The van der Waals surface area contributed by atoms with Crippen molar-refractivity contribution in [3.63, 3.8) is 0 Å². The van der Waals surface area contributed by atoms with Gasteiger partial charge in [0.2, 0.25) is 0 Å². The molecule has 0 bridgehead atoms. The highest BCUT2D eigenvalue weighted by Gasteiger charge is 2.08. The Hall–Kier alpha value is -2.50. The molecule has 4 N–H and O–H groups in total. The zero-order valence-electron chi connectivity index (χ0n) is 13.6. The van der Waals surface area contributed by atoms with Crippen molar-refractivity contribution in [2.45, 2.75) is 19.4 Å². The quantitative estimate of drug-likeness (QED) is 0.583. The van der Waals surface area contributed by atoms with E-state index in [-0.39, 0.29) is 5.56 Å². The zero-order chi connectivity index (χ0) is 16.8. The molecule has 0 aliphatic carbocycles. The van der Waals surface area contributed by atoms with E-state index in [4.69, 9.17) is 5.73 Å². The second-order valence-electron chi connectivity index (χ2n) is 5.82. The minimum Gasteiger partial charge on any atom is -0.330 e. The van der Waals surface area contributed by atoms with Gasteiger partial charge in [-0.2, -0.15) is 5.10 Å². The van der Waals surface area contributed by atoms with Crippen LogP contribution in [0.1, 0.15) is 18.4 Å². The molecule has 1 aromatic heterocycles. The molecule has 5 nitrogen and oxygen atoms in total. The van der Waals surface area contributed by atoms with E-state index in [1.807, 2.05) is 36.4 Å². The van der Waals surface area contributed by atoms with Crippen molar-refractivity contribution in [2.75, 3.05) is 13.1 Å². The first-order chi connectivity index (χ1) is 11.8. The Kier molecular flexibility index (Phi) is 5.36. The standard InChI is InChI=1S/C19H22N4O/c20-10-3-4-11-21-13-14-6-5-7-15(12-14)18-16-8-1-2-9-17(16)19(24)23-22-18/h1-2,5-9,12,21H,3-4,10-11,13,20H2,(H,23,24). The van der Waals surface area contributed by atoms with Crippen LogP contribution < -0.4 is 16.6 Å². The third kappa shape index (κ3) is 3.69. The van der Waals surface area contributed by atoms with Crippen molar-refractivity contribution in [1.29, 1.82) is 0 Å². The molecular formula is C19H22N4O. The summed E-state index contributed by atoms with van der Waals surface area (Å²) in [5.41, 5.74) is 8.34. The summed E-state index contributed by atoms with van der Waals surface area (Å²) in [5, 5.41) is 11.8. The fraction of sp³-hybridized carbons (Fsp3) is 0.263. The number of aromatic nitrogens is 2. The van der Waals surface area contributed by atoms with Gasteiger partial charge in [0.25, 0.3) is 5.56 Å². The van der Waals surface area contributed by atoms with Crippen LogP contribution in [0.3, 0.4) is 0 Å². The SMILES string of the molecule is NCCCCNCc1cccc(-c2n[nH]c(=O)c3ccccc23)c1. The van der Waals surface area contributed by atoms with Crippen molar-refractivity contribution in [3.05, 3.63) is 64.4 Å². The molecule has 5 heteroatoms. The molecule has 0 aliphatic heterocycles. The van der Waals surface area contributed by atoms with E-state index in [1.54, 1.807) is 0 Å². The maximum absolute atomic E-state index is 11.9. The van der Waals surface area contributed by atoms with Crippen molar-refractivity contribution < 1.29 is 0 Å². The molecular weight excluding hydrogens is 300 g/mol. The first-order valence-corrected chi connectivity index (χ1v) is 8.27. The summed E-state index contributed by atoms with van der Waals surface area (Å²) >= 11 is 0. The lowest BCUT2D eigenvalue weighted by Gasteiger charge is -2.08. The van der Waals surface area contributed by atoms with Gasteiger partial charge in [-0.1, -0.05) is 36.4 Å². The zero-order valence-corrected chi connectivity index (χ0v) is 13.6. The van der Waals surface area contributed by atoms with E-state index in [9.17, 15) is 4.79 Å². The second-order valence-corrected chi connectivity index (χ2v) is 5.82. The summed E-state index contributed by atoms with van der Waals surface area (Å²) in [6.45, 7) is 2.50. The van der Waals surface area contributed by atoms with Crippen LogP contribution in [0, 0.1) is 0 Å². The maximum atomic E-state index is 11.9. The molecule has 0 unspecified atom stereocenters. The van der Waals surface area contributed by atoms with Gasteiger partial charge in [0.05, 0.1) is 11.1 Å². The van der Waals surface area contributed by atoms with E-state index >= 15 is 0 Å². The number of benzene rings is 2. The Morgan fingerprint density at radius 3 is 2.71 bits per heavy atom. The van der Waals surface area contributed by atoms with Gasteiger partial charge in [-0.3, -0.25) is 4.79 Å². The van der Waals surface area contributed by atoms with Crippen molar-refractivity contribution in [2.24, 2.45) is 5.73 Å². The number of rotatable bonds is 7. The van der Waals surface area contributed by atoms with E-state index in [1.165, 1.54) is 5.56 Å². The van der Waals surface area contributed by atoms with Crippen LogP contribution in [0.5, 0.6) is 0 Å². The summed E-state index contributed by atoms with van der Waals surface area (Å²) in [6, 6.07) is 15.8. The average molecular weight is 322 g/mol. The van der Waals surface area contributed by atoms with E-state index in [0.29, 0.717) is 5.39 Å². The first kappa shape index (κ1) is 16.4. The molecule has 0 radical (unpaired) electrons. The third-order valence-electron chi connectivity index (χ3n) is 4.03. The number of nitrogens with zero attached hydrogens (tertiary/aromatic N) is 1. The summed E-state index contributed by atoms with van der Waals surface area (Å²) < 4.78 is 0. The molecule has 0 atom stereocenters. The predicted molar refractivity (Wildman–Crippen MR) is 97.8 cm³/mol. The van der Waals surface area contributed by atoms with Crippen molar-refractivity contribution >= 4 is 10.8 Å². The molecule has 0 saturated heterocycles. The minimum atomic E-state index is -0.160. The molecule has 2 aromatic carbocycles. The van der Waals surface area contributed by atoms with Crippen LogP contribution in [-0.4, -0.2) is 23.3 Å². The largest absolute Gasteiger partial charge is 0.330 e. The van der Waals surface area contributed by atoms with Crippen molar-refractivity contribution in [3.8, 4) is 11.3 Å². The molecule has 1 heterocycles. The van der Waals surface area contributed by atoms with Gasteiger partial charge >= 0.3 is 0 Å². The number of H-pyrrole nitrogens is 1. The van der Waals surface area contributed by atoms with Crippen LogP contribution in [0.2, 0.25) is 0 Å². The monoisotopic (exact) mass is 322 g/mol. The lowest BCUT2D eigenvalue weighted by atomic mass is 10.0. The van der Waals surface area contributed by atoms with Crippen LogP contribution >= 0.6 is 0 Å². The highest BCUT2D eigenvalue weighted by molar-refractivity contribution is 5.93. The van der Waals surface area contributed by atoms with E-state index in [0.717, 1.165) is 49.1 Å². The Morgan fingerprint density at radius 1 is 1.04 bits per heavy atom. The number of unbranched alkanes of at least 4 members (excludes halogenated alkanes) is 1. The molecule has 0 amide bonds. The molecule has 124 valence electrons. The van der Waals surface area contributed by atoms with Gasteiger partial charge in [0, 0.05) is 17.5 Å². The molecule has 24 heavy (non-hydrogen) atoms. The molecule has 0 aliphatic rings. The van der Waals surface area contributed by atoms with Crippen molar-refractivity contribution in [1.82, 2.24) is 15.5 Å². The average Bonchev–Trinajstić information content (AvgIpc) is 2.62. The van der Waals surface area contributed by atoms with E-state index < -0.39 is 0 Å². The molecule has 0 spiro atoms. The van der Waals surface area contributed by atoms with Crippen LogP contribution in [0.25, 0.3) is 22.0 Å². The minimum absolute atomic E-state index is 0.160. The van der Waals surface area contributed by atoms with Crippen LogP contribution in [-0.2, 0) is 6.54 Å². The first-order valence-electron chi connectivity index (χ1n) is 8.27. The summed E-state index contributed by atoms with van der Waals surface area (Å²) in [6.07, 6.45) is 2.13. The van der Waals surface area contributed by atoms with Crippen LogP contribution in [0.15, 0.2) is 53.3 Å². The number of fused-ring (bicyclic) bond motifs is 1. The number of nitrogens with two attached hydrogens (primary N) is 1. The number of hydrogen-bond donors (Lipinski definition) is 3. The molecule has 0 fully saturated rings. The Bertz CT molecular complexity index is 872. The van der Waals surface area contributed by atoms with E-state index in [2.05, 4.69) is 27.6 Å². The predicted octanol–water partition coefficient (Wildman–Crippen LogP) is 2.42. The number of nitrogens with one attached hydrogen (secondary N) is 2. The molecule has 3 aromatic rings. The van der Waals surface area contributed by atoms with Gasteiger partial charge in [0.15, 0.2) is 0 Å². The lowest BCUT2D eigenvalue weighted by Crippen LogP contribution is -2.15. The van der Waals surface area contributed by atoms with Gasteiger partial charge in [-0.15, -0.1) is 0 Å². The fourth-order valence-corrected chi connectivity index (χ4v) is 2.79. The lowest BCUT2D eigenvalue weighted by molar-refractivity contribution is 0.627. The number of hydrogen-bond acceptors (Lipinski definition) is 4. The molecule has 3 rings (SSSR count). The second kappa shape index (κ2) is 7.86. The Labute approximate surface area is 140 Å². The summed E-state index contributed by atoms with van der Waals surface area (Å²) in [5.74, 6) is 0. The smallest absolute Gasteiger partial charge is 0.272 e. The highest BCUT2D eigenvalue weighted by Crippen LogP contribution is 2.24. The Morgan fingerprint density at radius 2 is 1.88 bits per heavy atom.